The molecule has 0 spiro atoms. The Morgan fingerprint density at radius 2 is 2.14 bits per heavy atom. The van der Waals surface area contributed by atoms with Crippen molar-refractivity contribution in [2.24, 2.45) is 5.73 Å². The van der Waals surface area contributed by atoms with Crippen LogP contribution in [0, 0.1) is 0 Å². The first kappa shape index (κ1) is 21.6. The third-order valence-corrected chi connectivity index (χ3v) is 5.93. The molecule has 1 aliphatic heterocycles. The molecule has 1 aromatic carbocycles. The zero-order chi connectivity index (χ0) is 19.7. The topological polar surface area (TPSA) is 87.0 Å². The van der Waals surface area contributed by atoms with Crippen LogP contribution in [0.15, 0.2) is 47.2 Å². The number of piperidine rings is 1. The number of carbonyl (C=O) groups is 1. The summed E-state index contributed by atoms with van der Waals surface area (Å²) < 4.78 is 0.903. The van der Waals surface area contributed by atoms with Gasteiger partial charge >= 0.3 is 0 Å². The molecular weight excluding hydrogens is 454 g/mol. The van der Waals surface area contributed by atoms with Crippen molar-refractivity contribution >= 4 is 56.7 Å². The van der Waals surface area contributed by atoms with E-state index in [1.54, 1.807) is 6.20 Å². The van der Waals surface area contributed by atoms with Gasteiger partial charge in [-0.2, -0.15) is 0 Å². The molecule has 4 N–H and O–H groups in total. The summed E-state index contributed by atoms with van der Waals surface area (Å²) in [6, 6.07) is 9.94. The fraction of sp³-hybridized carbons (Fsp3) is 0.333. The second-order valence-corrected chi connectivity index (χ2v) is 8.20. The van der Waals surface area contributed by atoms with E-state index in [2.05, 4.69) is 36.1 Å². The lowest BCUT2D eigenvalue weighted by atomic mass is 10.0. The van der Waals surface area contributed by atoms with Crippen LogP contribution in [0.1, 0.15) is 31.2 Å². The number of pyridine rings is 1. The number of hydrogen-bond acceptors (Lipinski definition) is 4. The van der Waals surface area contributed by atoms with Gasteiger partial charge in [-0.3, -0.25) is 4.79 Å². The average Bonchev–Trinajstić information content (AvgIpc) is 3.10. The minimum absolute atomic E-state index is 0. The number of fused-ring (bicyclic) bond motifs is 1. The molecule has 8 heteroatoms. The van der Waals surface area contributed by atoms with E-state index in [-0.39, 0.29) is 30.3 Å². The number of hydrogen-bond donors (Lipinski definition) is 3. The highest BCUT2D eigenvalue weighted by atomic mass is 79.9. The van der Waals surface area contributed by atoms with E-state index in [4.69, 9.17) is 5.73 Å². The van der Waals surface area contributed by atoms with E-state index in [0.717, 1.165) is 58.4 Å². The van der Waals surface area contributed by atoms with Gasteiger partial charge in [0.25, 0.3) is 0 Å². The maximum absolute atomic E-state index is 12.9. The molecular formula is C21H25BrClN5O. The van der Waals surface area contributed by atoms with Crippen LogP contribution in [0.2, 0.25) is 0 Å². The molecule has 3 heterocycles. The number of aromatic nitrogens is 2. The Labute approximate surface area is 184 Å². The van der Waals surface area contributed by atoms with Gasteiger partial charge in [-0.1, -0.05) is 30.3 Å². The van der Waals surface area contributed by atoms with E-state index in [9.17, 15) is 4.79 Å². The van der Waals surface area contributed by atoms with Gasteiger partial charge in [0.2, 0.25) is 5.91 Å². The molecule has 6 nitrogen and oxygen atoms in total. The van der Waals surface area contributed by atoms with Crippen LogP contribution in [-0.4, -0.2) is 35.0 Å². The van der Waals surface area contributed by atoms with Crippen molar-refractivity contribution in [3.63, 3.8) is 0 Å². The normalized spacial score (nSPS) is 17.6. The van der Waals surface area contributed by atoms with Crippen molar-refractivity contribution in [3.05, 3.63) is 52.8 Å². The number of nitrogens with zero attached hydrogens (tertiary/aromatic N) is 2. The van der Waals surface area contributed by atoms with Crippen LogP contribution < -0.4 is 16.0 Å². The van der Waals surface area contributed by atoms with Crippen LogP contribution >= 0.6 is 28.3 Å². The molecule has 4 rings (SSSR count). The number of aromatic amines is 1. The summed E-state index contributed by atoms with van der Waals surface area (Å²) in [5.74, 6) is -0.300. The smallest absolute Gasteiger partial charge is 0.231 e. The molecule has 0 bridgehead atoms. The monoisotopic (exact) mass is 477 g/mol. The Hall–Kier alpha value is -2.09. The summed E-state index contributed by atoms with van der Waals surface area (Å²) in [5, 5.41) is 4.01. The number of anilines is 2. The summed E-state index contributed by atoms with van der Waals surface area (Å²) in [4.78, 5) is 22.8. The molecule has 0 aliphatic carbocycles. The minimum atomic E-state index is -0.252. The Bertz CT molecular complexity index is 993. The van der Waals surface area contributed by atoms with Crippen molar-refractivity contribution < 1.29 is 4.79 Å². The van der Waals surface area contributed by atoms with Crippen molar-refractivity contribution in [2.75, 3.05) is 23.3 Å². The van der Waals surface area contributed by atoms with Gasteiger partial charge in [0.05, 0.1) is 27.2 Å². The predicted octanol–water partition coefficient (Wildman–Crippen LogP) is 4.42. The van der Waals surface area contributed by atoms with Gasteiger partial charge in [-0.25, -0.2) is 4.98 Å². The van der Waals surface area contributed by atoms with Gasteiger partial charge in [0, 0.05) is 31.5 Å². The van der Waals surface area contributed by atoms with E-state index in [0.29, 0.717) is 0 Å². The summed E-state index contributed by atoms with van der Waals surface area (Å²) in [7, 11) is 0. The first-order valence-corrected chi connectivity index (χ1v) is 10.4. The summed E-state index contributed by atoms with van der Waals surface area (Å²) >= 11 is 3.65. The Balaban J connectivity index is 0.00000240. The molecule has 3 aromatic rings. The molecule has 1 amide bonds. The second-order valence-electron chi connectivity index (χ2n) is 7.35. The van der Waals surface area contributed by atoms with Gasteiger partial charge in [0.1, 0.15) is 5.65 Å². The van der Waals surface area contributed by atoms with Crippen LogP contribution in [0.25, 0.3) is 11.0 Å². The predicted molar refractivity (Wildman–Crippen MR) is 124 cm³/mol. The third kappa shape index (κ3) is 4.42. The van der Waals surface area contributed by atoms with Gasteiger partial charge in [-0.15, -0.1) is 12.4 Å². The Morgan fingerprint density at radius 3 is 2.86 bits per heavy atom. The zero-order valence-corrected chi connectivity index (χ0v) is 18.6. The van der Waals surface area contributed by atoms with Crippen molar-refractivity contribution in [3.8, 4) is 0 Å². The first-order valence-electron chi connectivity index (χ1n) is 9.56. The van der Waals surface area contributed by atoms with E-state index in [1.807, 2.05) is 43.5 Å². The maximum Gasteiger partial charge on any atom is 0.231 e. The highest BCUT2D eigenvalue weighted by Crippen LogP contribution is 2.39. The summed E-state index contributed by atoms with van der Waals surface area (Å²) in [5.41, 5.74) is 9.72. The number of nitrogens with one attached hydrogen (secondary N) is 2. The maximum atomic E-state index is 12.9. The molecule has 1 aliphatic rings. The molecule has 0 radical (unpaired) electrons. The average molecular weight is 479 g/mol. The fourth-order valence-corrected chi connectivity index (χ4v) is 4.36. The minimum Gasteiger partial charge on any atom is -0.368 e. The standard InChI is InChI=1S/C21H24BrN5O.ClH/c1-13(14-6-3-2-4-7-14)21(28)26-17-11-25-20-18(17)19(16(22)10-24-20)27-9-5-8-15(23)12-27;/h2-4,6-7,10-11,13,15H,5,8-9,12,23H2,1H3,(H,24,25)(H,26,28);1H/t13?,15-;/m1./s1. The van der Waals surface area contributed by atoms with E-state index < -0.39 is 0 Å². The van der Waals surface area contributed by atoms with Crippen LogP contribution in [0.5, 0.6) is 0 Å². The molecule has 2 atom stereocenters. The molecule has 0 saturated carbocycles. The molecule has 29 heavy (non-hydrogen) atoms. The third-order valence-electron chi connectivity index (χ3n) is 5.35. The largest absolute Gasteiger partial charge is 0.368 e. The Kier molecular flexibility index (Phi) is 6.82. The Morgan fingerprint density at radius 1 is 1.38 bits per heavy atom. The van der Waals surface area contributed by atoms with Gasteiger partial charge < -0.3 is 20.9 Å². The van der Waals surface area contributed by atoms with Gasteiger partial charge in [0.15, 0.2) is 0 Å². The first-order chi connectivity index (χ1) is 13.5. The summed E-state index contributed by atoms with van der Waals surface area (Å²) in [6.07, 6.45) is 5.70. The van der Waals surface area contributed by atoms with Crippen molar-refractivity contribution in [1.29, 1.82) is 0 Å². The number of H-pyrrole nitrogens is 1. The SMILES string of the molecule is CC(C(=O)Nc1c[nH]c2ncc(Br)c(N3CCC[C@@H](N)C3)c12)c1ccccc1.Cl. The molecule has 1 unspecified atom stereocenters. The second kappa shape index (κ2) is 9.15. The highest BCUT2D eigenvalue weighted by Gasteiger charge is 2.24. The fourth-order valence-electron chi connectivity index (χ4n) is 3.81. The lowest BCUT2D eigenvalue weighted by Crippen LogP contribution is -2.43. The zero-order valence-electron chi connectivity index (χ0n) is 16.2. The summed E-state index contributed by atoms with van der Waals surface area (Å²) in [6.45, 7) is 3.64. The number of halogens is 2. The number of amides is 1. The van der Waals surface area contributed by atoms with Crippen molar-refractivity contribution in [2.45, 2.75) is 31.7 Å². The van der Waals surface area contributed by atoms with Crippen molar-refractivity contribution in [1.82, 2.24) is 9.97 Å². The number of rotatable bonds is 4. The highest BCUT2D eigenvalue weighted by molar-refractivity contribution is 9.10. The van der Waals surface area contributed by atoms with Crippen LogP contribution in [0.3, 0.4) is 0 Å². The molecule has 1 saturated heterocycles. The molecule has 2 aromatic heterocycles. The number of nitrogens with two attached hydrogens (primary N) is 1. The van der Waals surface area contributed by atoms with Gasteiger partial charge in [-0.05, 0) is 41.3 Å². The van der Waals surface area contributed by atoms with E-state index >= 15 is 0 Å². The lowest BCUT2D eigenvalue weighted by molar-refractivity contribution is -0.117. The molecule has 1 fully saturated rings. The van der Waals surface area contributed by atoms with E-state index in [1.165, 1.54) is 0 Å². The number of carbonyl (C=O) groups excluding carboxylic acids is 1. The lowest BCUT2D eigenvalue weighted by Gasteiger charge is -2.33. The quantitative estimate of drug-likeness (QED) is 0.518. The van der Waals surface area contributed by atoms with Crippen LogP contribution in [-0.2, 0) is 4.79 Å². The number of benzene rings is 1. The molecule has 154 valence electrons. The van der Waals surface area contributed by atoms with Crippen LogP contribution in [0.4, 0.5) is 11.4 Å².